The molecule has 5 nitrogen and oxygen atoms in total. The number of benzene rings is 1. The first-order chi connectivity index (χ1) is 10.4. The van der Waals surface area contributed by atoms with E-state index in [2.05, 4.69) is 5.32 Å². The van der Waals surface area contributed by atoms with Gasteiger partial charge in [-0.1, -0.05) is 38.2 Å². The monoisotopic (exact) mass is 324 g/mol. The summed E-state index contributed by atoms with van der Waals surface area (Å²) in [6, 6.07) is 5.69. The Morgan fingerprint density at radius 2 is 2.00 bits per heavy atom. The first-order valence-electron chi connectivity index (χ1n) is 7.73. The van der Waals surface area contributed by atoms with Crippen LogP contribution in [0.4, 0.5) is 5.69 Å². The van der Waals surface area contributed by atoms with Crippen LogP contribution in [0, 0.1) is 5.92 Å². The fraction of sp³-hybridized carbons (Fsp3) is 0.562. The molecule has 1 aromatic carbocycles. The SMILES string of the molecule is CS(=O)(=O)c1cccc(NC(=O)C(N)CC2CCCCC2)c1. The topological polar surface area (TPSA) is 89.3 Å². The number of rotatable bonds is 5. The highest BCUT2D eigenvalue weighted by molar-refractivity contribution is 7.90. The molecule has 0 bridgehead atoms. The van der Waals surface area contributed by atoms with E-state index in [0.29, 0.717) is 18.0 Å². The normalized spacial score (nSPS) is 17.9. The molecule has 1 amide bonds. The van der Waals surface area contributed by atoms with Crippen LogP contribution in [0.2, 0.25) is 0 Å². The van der Waals surface area contributed by atoms with Gasteiger partial charge in [-0.3, -0.25) is 4.79 Å². The van der Waals surface area contributed by atoms with Gasteiger partial charge < -0.3 is 11.1 Å². The minimum Gasteiger partial charge on any atom is -0.325 e. The van der Waals surface area contributed by atoms with E-state index in [0.717, 1.165) is 19.1 Å². The Labute approximate surface area is 132 Å². The van der Waals surface area contributed by atoms with Crippen LogP contribution in [-0.2, 0) is 14.6 Å². The molecular formula is C16H24N2O3S. The summed E-state index contributed by atoms with van der Waals surface area (Å²) >= 11 is 0. The second-order valence-corrected chi connectivity index (χ2v) is 8.15. The van der Waals surface area contributed by atoms with Crippen molar-refractivity contribution in [3.63, 3.8) is 0 Å². The molecule has 6 heteroatoms. The summed E-state index contributed by atoms with van der Waals surface area (Å²) in [6.07, 6.45) is 7.83. The van der Waals surface area contributed by atoms with E-state index in [-0.39, 0.29) is 10.8 Å². The van der Waals surface area contributed by atoms with Crippen LogP contribution in [0.25, 0.3) is 0 Å². The maximum atomic E-state index is 12.2. The summed E-state index contributed by atoms with van der Waals surface area (Å²) in [5.74, 6) is 0.271. The fourth-order valence-electron chi connectivity index (χ4n) is 2.93. The third-order valence-electron chi connectivity index (χ3n) is 4.18. The Hall–Kier alpha value is -1.40. The van der Waals surface area contributed by atoms with E-state index in [1.165, 1.54) is 31.4 Å². The Bertz CT molecular complexity index is 622. The summed E-state index contributed by atoms with van der Waals surface area (Å²) in [7, 11) is -3.29. The lowest BCUT2D eigenvalue weighted by molar-refractivity contribution is -0.117. The van der Waals surface area contributed by atoms with Crippen LogP contribution < -0.4 is 11.1 Å². The number of anilines is 1. The number of nitrogens with two attached hydrogens (primary N) is 1. The number of amides is 1. The van der Waals surface area contributed by atoms with Crippen molar-refractivity contribution in [2.75, 3.05) is 11.6 Å². The quantitative estimate of drug-likeness (QED) is 0.870. The lowest BCUT2D eigenvalue weighted by Gasteiger charge is -2.24. The molecule has 1 atom stereocenters. The molecule has 1 fully saturated rings. The summed E-state index contributed by atoms with van der Waals surface area (Å²) in [5, 5.41) is 2.72. The summed E-state index contributed by atoms with van der Waals surface area (Å²) < 4.78 is 23.1. The summed E-state index contributed by atoms with van der Waals surface area (Å²) in [5.41, 5.74) is 6.45. The predicted molar refractivity (Wildman–Crippen MR) is 87.3 cm³/mol. The lowest BCUT2D eigenvalue weighted by atomic mass is 9.85. The van der Waals surface area contributed by atoms with Crippen molar-refractivity contribution in [2.45, 2.75) is 49.5 Å². The molecule has 0 heterocycles. The maximum Gasteiger partial charge on any atom is 0.241 e. The molecule has 0 aromatic heterocycles. The van der Waals surface area contributed by atoms with E-state index < -0.39 is 15.9 Å². The molecule has 1 aliphatic rings. The zero-order valence-electron chi connectivity index (χ0n) is 12.9. The highest BCUT2D eigenvalue weighted by Gasteiger charge is 2.21. The molecule has 2 rings (SSSR count). The van der Waals surface area contributed by atoms with Crippen LogP contribution >= 0.6 is 0 Å². The first kappa shape index (κ1) is 17.0. The number of sulfone groups is 1. The van der Waals surface area contributed by atoms with Crippen molar-refractivity contribution >= 4 is 21.4 Å². The molecule has 0 saturated heterocycles. The van der Waals surface area contributed by atoms with Gasteiger partial charge in [-0.25, -0.2) is 8.42 Å². The molecule has 1 aromatic rings. The number of carbonyl (C=O) groups excluding carboxylic acids is 1. The van der Waals surface area contributed by atoms with Crippen LogP contribution in [0.1, 0.15) is 38.5 Å². The van der Waals surface area contributed by atoms with Crippen molar-refractivity contribution in [1.82, 2.24) is 0 Å². The standard InChI is InChI=1S/C16H24N2O3S/c1-22(20,21)14-9-5-8-13(11-14)18-16(19)15(17)10-12-6-3-2-4-7-12/h5,8-9,11-12,15H,2-4,6-7,10,17H2,1H3,(H,18,19). The molecule has 0 spiro atoms. The van der Waals surface area contributed by atoms with Crippen molar-refractivity contribution in [2.24, 2.45) is 11.7 Å². The van der Waals surface area contributed by atoms with Gasteiger partial charge in [0.1, 0.15) is 0 Å². The minimum atomic E-state index is -3.29. The predicted octanol–water partition coefficient (Wildman–Crippen LogP) is 2.33. The molecule has 1 aliphatic carbocycles. The summed E-state index contributed by atoms with van der Waals surface area (Å²) in [6.45, 7) is 0. The minimum absolute atomic E-state index is 0.186. The van der Waals surface area contributed by atoms with E-state index in [9.17, 15) is 13.2 Å². The molecular weight excluding hydrogens is 300 g/mol. The van der Waals surface area contributed by atoms with Gasteiger partial charge >= 0.3 is 0 Å². The largest absolute Gasteiger partial charge is 0.325 e. The molecule has 1 unspecified atom stereocenters. The highest BCUT2D eigenvalue weighted by Crippen LogP contribution is 2.27. The van der Waals surface area contributed by atoms with E-state index >= 15 is 0 Å². The highest BCUT2D eigenvalue weighted by atomic mass is 32.2. The second-order valence-electron chi connectivity index (χ2n) is 6.14. The third-order valence-corrected chi connectivity index (χ3v) is 5.29. The number of hydrogen-bond acceptors (Lipinski definition) is 4. The van der Waals surface area contributed by atoms with E-state index in [1.54, 1.807) is 12.1 Å². The second kappa shape index (κ2) is 7.24. The average Bonchev–Trinajstić information content (AvgIpc) is 2.47. The van der Waals surface area contributed by atoms with E-state index in [4.69, 9.17) is 5.73 Å². The van der Waals surface area contributed by atoms with Gasteiger partial charge in [-0.05, 0) is 30.5 Å². The molecule has 22 heavy (non-hydrogen) atoms. The number of carbonyl (C=O) groups is 1. The van der Waals surface area contributed by atoms with Gasteiger partial charge in [-0.2, -0.15) is 0 Å². The van der Waals surface area contributed by atoms with Crippen LogP contribution in [-0.4, -0.2) is 26.6 Å². The van der Waals surface area contributed by atoms with Crippen molar-refractivity contribution in [3.8, 4) is 0 Å². The molecule has 0 aliphatic heterocycles. The fourth-order valence-corrected chi connectivity index (χ4v) is 3.60. The zero-order valence-corrected chi connectivity index (χ0v) is 13.7. The third kappa shape index (κ3) is 4.81. The Morgan fingerprint density at radius 3 is 2.64 bits per heavy atom. The van der Waals surface area contributed by atoms with Crippen molar-refractivity contribution in [3.05, 3.63) is 24.3 Å². The number of hydrogen-bond donors (Lipinski definition) is 2. The number of nitrogens with one attached hydrogen (secondary N) is 1. The van der Waals surface area contributed by atoms with Gasteiger partial charge in [-0.15, -0.1) is 0 Å². The summed E-state index contributed by atoms with van der Waals surface area (Å²) in [4.78, 5) is 12.3. The van der Waals surface area contributed by atoms with Gasteiger partial charge in [0, 0.05) is 11.9 Å². The van der Waals surface area contributed by atoms with Crippen molar-refractivity contribution < 1.29 is 13.2 Å². The Morgan fingerprint density at radius 1 is 1.32 bits per heavy atom. The molecule has 1 saturated carbocycles. The smallest absolute Gasteiger partial charge is 0.241 e. The molecule has 3 N–H and O–H groups in total. The van der Waals surface area contributed by atoms with Gasteiger partial charge in [0.05, 0.1) is 10.9 Å². The van der Waals surface area contributed by atoms with Crippen molar-refractivity contribution in [1.29, 1.82) is 0 Å². The molecule has 122 valence electrons. The van der Waals surface area contributed by atoms with Crippen LogP contribution in [0.15, 0.2) is 29.2 Å². The van der Waals surface area contributed by atoms with Gasteiger partial charge in [0.25, 0.3) is 0 Å². The zero-order chi connectivity index (χ0) is 16.2. The Balaban J connectivity index is 1.96. The Kier molecular flexibility index (Phi) is 5.58. The first-order valence-corrected chi connectivity index (χ1v) is 9.62. The van der Waals surface area contributed by atoms with Gasteiger partial charge in [0.2, 0.25) is 5.91 Å². The van der Waals surface area contributed by atoms with E-state index in [1.807, 2.05) is 0 Å². The van der Waals surface area contributed by atoms with Crippen LogP contribution in [0.3, 0.4) is 0 Å². The average molecular weight is 324 g/mol. The molecule has 0 radical (unpaired) electrons. The van der Waals surface area contributed by atoms with Gasteiger partial charge in [0.15, 0.2) is 9.84 Å². The van der Waals surface area contributed by atoms with Crippen LogP contribution in [0.5, 0.6) is 0 Å². The maximum absolute atomic E-state index is 12.2. The lowest BCUT2D eigenvalue weighted by Crippen LogP contribution is -2.37.